The SMILES string of the molecule is CCc1ccc(OCCN2CCN(CCOc3ccc(CC)cc3)CC2)cc1. The number of ether oxygens (including phenoxy) is 2. The Balaban J connectivity index is 1.27. The Morgan fingerprint density at radius 3 is 1.29 bits per heavy atom. The molecule has 0 bridgehead atoms. The summed E-state index contributed by atoms with van der Waals surface area (Å²) in [7, 11) is 0. The first-order valence-electron chi connectivity index (χ1n) is 10.6. The van der Waals surface area contributed by atoms with Gasteiger partial charge in [0.2, 0.25) is 0 Å². The van der Waals surface area contributed by atoms with Crippen LogP contribution in [0.5, 0.6) is 11.5 Å². The fourth-order valence-electron chi connectivity index (χ4n) is 3.46. The third-order valence-electron chi connectivity index (χ3n) is 5.48. The van der Waals surface area contributed by atoms with Gasteiger partial charge in [0.1, 0.15) is 24.7 Å². The predicted octanol–water partition coefficient (Wildman–Crippen LogP) is 3.89. The van der Waals surface area contributed by atoms with Gasteiger partial charge in [0, 0.05) is 39.3 Å². The summed E-state index contributed by atoms with van der Waals surface area (Å²) < 4.78 is 11.8. The number of benzene rings is 2. The van der Waals surface area contributed by atoms with Gasteiger partial charge in [-0.25, -0.2) is 0 Å². The van der Waals surface area contributed by atoms with Crippen LogP contribution in [0.15, 0.2) is 48.5 Å². The fraction of sp³-hybridized carbons (Fsp3) is 0.500. The number of hydrogen-bond acceptors (Lipinski definition) is 4. The van der Waals surface area contributed by atoms with E-state index < -0.39 is 0 Å². The van der Waals surface area contributed by atoms with E-state index in [0.29, 0.717) is 0 Å². The molecular formula is C24H34N2O2. The molecule has 4 nitrogen and oxygen atoms in total. The molecule has 1 aliphatic rings. The van der Waals surface area contributed by atoms with Crippen molar-refractivity contribution in [3.05, 3.63) is 59.7 Å². The number of nitrogens with zero attached hydrogens (tertiary/aromatic N) is 2. The highest BCUT2D eigenvalue weighted by Crippen LogP contribution is 2.14. The van der Waals surface area contributed by atoms with E-state index in [9.17, 15) is 0 Å². The van der Waals surface area contributed by atoms with Crippen molar-refractivity contribution in [2.45, 2.75) is 26.7 Å². The van der Waals surface area contributed by atoms with Crippen molar-refractivity contribution in [1.29, 1.82) is 0 Å². The summed E-state index contributed by atoms with van der Waals surface area (Å²) in [6.45, 7) is 12.2. The summed E-state index contributed by atoms with van der Waals surface area (Å²) in [5.74, 6) is 1.94. The molecule has 1 aliphatic heterocycles. The van der Waals surface area contributed by atoms with Crippen LogP contribution in [0.3, 0.4) is 0 Å². The van der Waals surface area contributed by atoms with Gasteiger partial charge in [-0.05, 0) is 48.2 Å². The maximum absolute atomic E-state index is 5.89. The number of rotatable bonds is 10. The topological polar surface area (TPSA) is 24.9 Å². The van der Waals surface area contributed by atoms with Gasteiger partial charge in [-0.2, -0.15) is 0 Å². The van der Waals surface area contributed by atoms with Crippen molar-refractivity contribution in [3.8, 4) is 11.5 Å². The van der Waals surface area contributed by atoms with Gasteiger partial charge in [-0.1, -0.05) is 38.1 Å². The summed E-state index contributed by atoms with van der Waals surface area (Å²) in [5, 5.41) is 0. The second-order valence-corrected chi connectivity index (χ2v) is 7.38. The maximum Gasteiger partial charge on any atom is 0.119 e. The zero-order chi connectivity index (χ0) is 19.6. The molecule has 0 N–H and O–H groups in total. The molecule has 1 fully saturated rings. The van der Waals surface area contributed by atoms with Gasteiger partial charge in [-0.3, -0.25) is 9.80 Å². The molecule has 0 aromatic heterocycles. The highest BCUT2D eigenvalue weighted by atomic mass is 16.5. The van der Waals surface area contributed by atoms with E-state index in [1.54, 1.807) is 0 Å². The van der Waals surface area contributed by atoms with Crippen LogP contribution in [-0.2, 0) is 12.8 Å². The van der Waals surface area contributed by atoms with E-state index in [1.807, 2.05) is 0 Å². The van der Waals surface area contributed by atoms with Gasteiger partial charge in [-0.15, -0.1) is 0 Å². The zero-order valence-electron chi connectivity index (χ0n) is 17.4. The van der Waals surface area contributed by atoms with Crippen molar-refractivity contribution < 1.29 is 9.47 Å². The largest absolute Gasteiger partial charge is 0.492 e. The van der Waals surface area contributed by atoms with Crippen LogP contribution < -0.4 is 9.47 Å². The molecule has 0 radical (unpaired) electrons. The number of hydrogen-bond donors (Lipinski definition) is 0. The molecule has 1 saturated heterocycles. The highest BCUT2D eigenvalue weighted by Gasteiger charge is 2.16. The normalized spacial score (nSPS) is 15.5. The van der Waals surface area contributed by atoms with Crippen molar-refractivity contribution in [2.24, 2.45) is 0 Å². The molecule has 0 unspecified atom stereocenters. The van der Waals surface area contributed by atoms with Crippen LogP contribution in [0, 0.1) is 0 Å². The average molecular weight is 383 g/mol. The lowest BCUT2D eigenvalue weighted by Gasteiger charge is -2.34. The molecule has 0 aliphatic carbocycles. The Hall–Kier alpha value is -2.04. The lowest BCUT2D eigenvalue weighted by Crippen LogP contribution is -2.48. The van der Waals surface area contributed by atoms with Gasteiger partial charge >= 0.3 is 0 Å². The highest BCUT2D eigenvalue weighted by molar-refractivity contribution is 5.27. The van der Waals surface area contributed by atoms with E-state index in [2.05, 4.69) is 72.2 Å². The quantitative estimate of drug-likeness (QED) is 0.622. The van der Waals surface area contributed by atoms with Crippen molar-refractivity contribution in [2.75, 3.05) is 52.5 Å². The molecule has 3 rings (SSSR count). The smallest absolute Gasteiger partial charge is 0.119 e. The molecule has 0 spiro atoms. The Morgan fingerprint density at radius 2 is 0.964 bits per heavy atom. The van der Waals surface area contributed by atoms with E-state index in [4.69, 9.17) is 9.47 Å². The Morgan fingerprint density at radius 1 is 0.607 bits per heavy atom. The number of aryl methyl sites for hydroxylation is 2. The van der Waals surface area contributed by atoms with Crippen LogP contribution in [0.4, 0.5) is 0 Å². The lowest BCUT2D eigenvalue weighted by molar-refractivity contribution is 0.105. The third kappa shape index (κ3) is 6.54. The number of piperazine rings is 1. The standard InChI is InChI=1S/C24H34N2O2/c1-3-21-5-9-23(10-6-21)27-19-17-25-13-15-26(16-14-25)18-20-28-24-11-7-22(4-2)8-12-24/h5-12H,3-4,13-20H2,1-2H3. The van der Waals surface area contributed by atoms with Gasteiger partial charge in [0.25, 0.3) is 0 Å². The summed E-state index contributed by atoms with van der Waals surface area (Å²) in [5.41, 5.74) is 2.70. The molecule has 2 aromatic rings. The zero-order valence-corrected chi connectivity index (χ0v) is 17.4. The second kappa shape index (κ2) is 11.1. The minimum atomic E-state index is 0.752. The predicted molar refractivity (Wildman–Crippen MR) is 116 cm³/mol. The van der Waals surface area contributed by atoms with Gasteiger partial charge in [0.15, 0.2) is 0 Å². The van der Waals surface area contributed by atoms with E-state index in [1.165, 1.54) is 11.1 Å². The monoisotopic (exact) mass is 382 g/mol. The van der Waals surface area contributed by atoms with Crippen LogP contribution >= 0.6 is 0 Å². The first kappa shape index (κ1) is 20.7. The maximum atomic E-state index is 5.89. The van der Waals surface area contributed by atoms with Crippen molar-refractivity contribution >= 4 is 0 Å². The van der Waals surface area contributed by atoms with Gasteiger partial charge < -0.3 is 9.47 Å². The molecular weight excluding hydrogens is 348 g/mol. The Kier molecular flexibility index (Phi) is 8.19. The summed E-state index contributed by atoms with van der Waals surface area (Å²) in [4.78, 5) is 4.97. The molecule has 0 amide bonds. The molecule has 0 atom stereocenters. The Bertz CT molecular complexity index is 615. The van der Waals surface area contributed by atoms with Gasteiger partial charge in [0.05, 0.1) is 0 Å². The molecule has 2 aromatic carbocycles. The van der Waals surface area contributed by atoms with Crippen LogP contribution in [0.25, 0.3) is 0 Å². The first-order valence-corrected chi connectivity index (χ1v) is 10.6. The fourth-order valence-corrected chi connectivity index (χ4v) is 3.46. The van der Waals surface area contributed by atoms with Crippen LogP contribution in [0.1, 0.15) is 25.0 Å². The molecule has 1 heterocycles. The van der Waals surface area contributed by atoms with E-state index >= 15 is 0 Å². The minimum Gasteiger partial charge on any atom is -0.492 e. The molecule has 0 saturated carbocycles. The van der Waals surface area contributed by atoms with Crippen molar-refractivity contribution in [3.63, 3.8) is 0 Å². The summed E-state index contributed by atoms with van der Waals surface area (Å²) in [6, 6.07) is 16.9. The van der Waals surface area contributed by atoms with E-state index in [-0.39, 0.29) is 0 Å². The van der Waals surface area contributed by atoms with E-state index in [0.717, 1.165) is 76.8 Å². The summed E-state index contributed by atoms with van der Waals surface area (Å²) >= 11 is 0. The first-order chi connectivity index (χ1) is 13.8. The lowest BCUT2D eigenvalue weighted by atomic mass is 10.2. The minimum absolute atomic E-state index is 0.752. The molecule has 152 valence electrons. The second-order valence-electron chi connectivity index (χ2n) is 7.38. The average Bonchev–Trinajstić information content (AvgIpc) is 2.76. The molecule has 28 heavy (non-hydrogen) atoms. The third-order valence-corrected chi connectivity index (χ3v) is 5.48. The van der Waals surface area contributed by atoms with Crippen LogP contribution in [0.2, 0.25) is 0 Å². The summed E-state index contributed by atoms with van der Waals surface area (Å²) in [6.07, 6.45) is 2.14. The van der Waals surface area contributed by atoms with Crippen LogP contribution in [-0.4, -0.2) is 62.3 Å². The van der Waals surface area contributed by atoms with Crippen molar-refractivity contribution in [1.82, 2.24) is 9.80 Å². The Labute approximate surface area is 170 Å². The molecule has 4 heteroatoms.